The van der Waals surface area contributed by atoms with E-state index >= 15 is 0 Å². The number of ether oxygens (including phenoxy) is 2. The van der Waals surface area contributed by atoms with Crippen LogP contribution in [-0.4, -0.2) is 49.1 Å². The van der Waals surface area contributed by atoms with Crippen molar-refractivity contribution in [2.45, 2.75) is 75.7 Å². The van der Waals surface area contributed by atoms with E-state index in [1.54, 1.807) is 0 Å². The van der Waals surface area contributed by atoms with E-state index in [1.165, 1.54) is 19.3 Å². The summed E-state index contributed by atoms with van der Waals surface area (Å²) in [4.78, 5) is 14.3. The first-order chi connectivity index (χ1) is 10.2. The van der Waals surface area contributed by atoms with Crippen molar-refractivity contribution < 1.29 is 14.3 Å². The highest BCUT2D eigenvalue weighted by molar-refractivity contribution is 5.74. The molecule has 0 atom stereocenters. The van der Waals surface area contributed by atoms with Crippen molar-refractivity contribution in [3.8, 4) is 0 Å². The lowest BCUT2D eigenvalue weighted by Crippen LogP contribution is -2.50. The molecule has 5 nitrogen and oxygen atoms in total. The molecule has 0 aromatic heterocycles. The Balaban J connectivity index is 1.44. The predicted molar refractivity (Wildman–Crippen MR) is 80.1 cm³/mol. The molecule has 1 saturated heterocycles. The van der Waals surface area contributed by atoms with Crippen LogP contribution in [0.5, 0.6) is 0 Å². The van der Waals surface area contributed by atoms with Crippen LogP contribution in [0.3, 0.4) is 0 Å². The van der Waals surface area contributed by atoms with Crippen molar-refractivity contribution in [1.29, 1.82) is 0 Å². The third kappa shape index (κ3) is 3.51. The van der Waals surface area contributed by atoms with Gasteiger partial charge in [0.1, 0.15) is 0 Å². The van der Waals surface area contributed by atoms with Gasteiger partial charge in [0.2, 0.25) is 0 Å². The number of carbonyl (C=O) groups excluding carboxylic acids is 1. The summed E-state index contributed by atoms with van der Waals surface area (Å²) >= 11 is 0. The molecule has 1 spiro atoms. The molecule has 1 heterocycles. The summed E-state index contributed by atoms with van der Waals surface area (Å²) in [5.41, 5.74) is 0. The van der Waals surface area contributed by atoms with E-state index in [-0.39, 0.29) is 17.9 Å². The summed E-state index contributed by atoms with van der Waals surface area (Å²) in [6, 6.07) is 0.785. The highest BCUT2D eigenvalue weighted by atomic mass is 16.7. The molecular weight excluding hydrogens is 268 g/mol. The first-order valence-corrected chi connectivity index (χ1v) is 8.50. The molecule has 0 bridgehead atoms. The number of hydrogen-bond acceptors (Lipinski definition) is 3. The molecule has 3 rings (SSSR count). The van der Waals surface area contributed by atoms with Crippen LogP contribution in [-0.2, 0) is 9.47 Å². The zero-order valence-corrected chi connectivity index (χ0v) is 13.1. The van der Waals surface area contributed by atoms with Gasteiger partial charge in [0.25, 0.3) is 0 Å². The Hall–Kier alpha value is -0.810. The van der Waals surface area contributed by atoms with Gasteiger partial charge in [-0.1, -0.05) is 19.3 Å². The van der Waals surface area contributed by atoms with Crippen molar-refractivity contribution in [3.05, 3.63) is 0 Å². The van der Waals surface area contributed by atoms with Crippen LogP contribution in [0.2, 0.25) is 0 Å². The smallest absolute Gasteiger partial charge is 0.317 e. The maximum atomic E-state index is 12.4. The Morgan fingerprint density at radius 3 is 2.29 bits per heavy atom. The third-order valence-corrected chi connectivity index (χ3v) is 5.33. The fourth-order valence-corrected chi connectivity index (χ4v) is 3.90. The lowest BCUT2D eigenvalue weighted by molar-refractivity contribution is -0.179. The Morgan fingerprint density at radius 2 is 1.67 bits per heavy atom. The summed E-state index contributed by atoms with van der Waals surface area (Å²) in [6.45, 7) is 1.42. The number of amides is 2. The summed E-state index contributed by atoms with van der Waals surface area (Å²) in [6.07, 6.45) is 9.81. The van der Waals surface area contributed by atoms with Gasteiger partial charge in [-0.05, 0) is 25.7 Å². The van der Waals surface area contributed by atoms with Gasteiger partial charge >= 0.3 is 6.03 Å². The molecule has 1 aliphatic heterocycles. The van der Waals surface area contributed by atoms with Crippen molar-refractivity contribution in [2.75, 3.05) is 20.3 Å². The van der Waals surface area contributed by atoms with Crippen molar-refractivity contribution in [3.63, 3.8) is 0 Å². The number of nitrogens with zero attached hydrogens (tertiary/aromatic N) is 1. The molecule has 5 heteroatoms. The molecule has 2 saturated carbocycles. The van der Waals surface area contributed by atoms with E-state index < -0.39 is 0 Å². The van der Waals surface area contributed by atoms with Crippen LogP contribution in [0.1, 0.15) is 57.8 Å². The van der Waals surface area contributed by atoms with E-state index in [4.69, 9.17) is 9.47 Å². The van der Waals surface area contributed by atoms with Gasteiger partial charge in [-0.3, -0.25) is 0 Å². The zero-order valence-electron chi connectivity index (χ0n) is 13.1. The number of nitrogens with one attached hydrogen (secondary N) is 1. The van der Waals surface area contributed by atoms with Gasteiger partial charge in [0, 0.05) is 32.0 Å². The molecule has 3 fully saturated rings. The summed E-state index contributed by atoms with van der Waals surface area (Å²) in [5.74, 6) is -0.337. The minimum atomic E-state index is -0.337. The quantitative estimate of drug-likeness (QED) is 0.852. The maximum absolute atomic E-state index is 12.4. The first-order valence-electron chi connectivity index (χ1n) is 8.50. The second-order valence-electron chi connectivity index (χ2n) is 6.73. The van der Waals surface area contributed by atoms with Crippen LogP contribution in [0.4, 0.5) is 4.79 Å². The molecular formula is C16H28N2O3. The molecule has 0 unspecified atom stereocenters. The molecule has 0 radical (unpaired) electrons. The van der Waals surface area contributed by atoms with Gasteiger partial charge in [-0.2, -0.15) is 0 Å². The molecule has 120 valence electrons. The van der Waals surface area contributed by atoms with Gasteiger partial charge < -0.3 is 19.7 Å². The molecule has 0 aromatic carbocycles. The highest BCUT2D eigenvalue weighted by Crippen LogP contribution is 2.35. The molecule has 2 amide bonds. The average molecular weight is 296 g/mol. The Morgan fingerprint density at radius 1 is 1.05 bits per heavy atom. The van der Waals surface area contributed by atoms with E-state index in [9.17, 15) is 4.79 Å². The Kier molecular flexibility index (Phi) is 4.69. The molecule has 2 aliphatic carbocycles. The monoisotopic (exact) mass is 296 g/mol. The van der Waals surface area contributed by atoms with Crippen LogP contribution in [0.15, 0.2) is 0 Å². The largest absolute Gasteiger partial charge is 0.348 e. The normalized spacial score (nSPS) is 26.9. The van der Waals surface area contributed by atoms with Crippen LogP contribution < -0.4 is 5.32 Å². The maximum Gasteiger partial charge on any atom is 0.317 e. The lowest BCUT2D eigenvalue weighted by atomic mass is 9.90. The highest BCUT2D eigenvalue weighted by Gasteiger charge is 2.40. The summed E-state index contributed by atoms with van der Waals surface area (Å²) in [7, 11) is 1.94. The van der Waals surface area contributed by atoms with Crippen molar-refractivity contribution >= 4 is 6.03 Å². The molecule has 3 aliphatic rings. The van der Waals surface area contributed by atoms with E-state index in [0.717, 1.165) is 38.5 Å². The van der Waals surface area contributed by atoms with Crippen molar-refractivity contribution in [2.24, 2.45) is 0 Å². The Bertz CT molecular complexity index is 353. The average Bonchev–Trinajstić information content (AvgIpc) is 2.98. The van der Waals surface area contributed by atoms with E-state index in [2.05, 4.69) is 5.32 Å². The molecule has 1 N–H and O–H groups in total. The minimum absolute atomic E-state index is 0.0936. The van der Waals surface area contributed by atoms with Gasteiger partial charge in [0.15, 0.2) is 5.79 Å². The van der Waals surface area contributed by atoms with Gasteiger partial charge in [-0.15, -0.1) is 0 Å². The van der Waals surface area contributed by atoms with E-state index in [1.807, 2.05) is 11.9 Å². The third-order valence-electron chi connectivity index (χ3n) is 5.33. The molecule has 21 heavy (non-hydrogen) atoms. The standard InChI is InChI=1S/C16H28N2O3/c1-18(14-5-3-2-4-6-14)15(19)17-13-7-9-16(10-8-13)20-11-12-21-16/h13-14H,2-12H2,1H3,(H,17,19). The van der Waals surface area contributed by atoms with Gasteiger partial charge in [0.05, 0.1) is 13.2 Å². The van der Waals surface area contributed by atoms with Crippen LogP contribution >= 0.6 is 0 Å². The minimum Gasteiger partial charge on any atom is -0.348 e. The SMILES string of the molecule is CN(C(=O)NC1CCC2(CC1)OCCO2)C1CCCCC1. The van der Waals surface area contributed by atoms with Crippen molar-refractivity contribution in [1.82, 2.24) is 10.2 Å². The zero-order chi connectivity index (χ0) is 14.7. The fraction of sp³-hybridized carbons (Fsp3) is 0.938. The lowest BCUT2D eigenvalue weighted by Gasteiger charge is -2.37. The second-order valence-corrected chi connectivity index (χ2v) is 6.73. The number of rotatable bonds is 2. The first kappa shape index (κ1) is 15.1. The number of carbonyl (C=O) groups is 1. The molecule has 0 aromatic rings. The predicted octanol–water partition coefficient (Wildman–Crippen LogP) is 2.65. The second kappa shape index (κ2) is 6.53. The van der Waals surface area contributed by atoms with Crippen LogP contribution in [0.25, 0.3) is 0 Å². The Labute approximate surface area is 127 Å². The number of urea groups is 1. The summed E-state index contributed by atoms with van der Waals surface area (Å²) in [5, 5.41) is 3.20. The van der Waals surface area contributed by atoms with Crippen LogP contribution in [0, 0.1) is 0 Å². The van der Waals surface area contributed by atoms with Gasteiger partial charge in [-0.25, -0.2) is 4.79 Å². The fourth-order valence-electron chi connectivity index (χ4n) is 3.90. The number of hydrogen-bond donors (Lipinski definition) is 1. The van der Waals surface area contributed by atoms with E-state index in [0.29, 0.717) is 19.3 Å². The topological polar surface area (TPSA) is 50.8 Å². The summed E-state index contributed by atoms with van der Waals surface area (Å²) < 4.78 is 11.5.